The van der Waals surface area contributed by atoms with Crippen LogP contribution >= 0.6 is 11.6 Å². The van der Waals surface area contributed by atoms with Gasteiger partial charge in [-0.2, -0.15) is 0 Å². The van der Waals surface area contributed by atoms with Gasteiger partial charge in [0.05, 0.1) is 0 Å². The molecule has 70 valence electrons. The fourth-order valence-electron chi connectivity index (χ4n) is 0.930. The molecule has 13 heavy (non-hydrogen) atoms. The number of hydrogen-bond donors (Lipinski definition) is 3. The molecule has 5 heteroatoms. The van der Waals surface area contributed by atoms with Crippen molar-refractivity contribution in [2.24, 2.45) is 16.6 Å². The molecule has 0 aromatic heterocycles. The Bertz CT molecular complexity index is 338. The van der Waals surface area contributed by atoms with Gasteiger partial charge in [-0.15, -0.1) is 0 Å². The van der Waals surface area contributed by atoms with Crippen molar-refractivity contribution in [2.45, 2.75) is 6.54 Å². The number of amidine groups is 1. The quantitative estimate of drug-likeness (QED) is 0.286. The Morgan fingerprint density at radius 2 is 2.23 bits per heavy atom. The number of nitrogens with zero attached hydrogens (tertiary/aromatic N) is 1. The van der Waals surface area contributed by atoms with Crippen LogP contribution in [0.4, 0.5) is 0 Å². The molecule has 4 nitrogen and oxygen atoms in total. The predicted octanol–water partition coefficient (Wildman–Crippen LogP) is 0.893. The van der Waals surface area contributed by atoms with Crippen LogP contribution in [0.1, 0.15) is 11.1 Å². The molecule has 0 bridgehead atoms. The highest BCUT2D eigenvalue weighted by atomic mass is 35.5. The molecule has 0 unspecified atom stereocenters. The Morgan fingerprint density at radius 3 is 2.69 bits per heavy atom. The lowest BCUT2D eigenvalue weighted by atomic mass is 10.1. The van der Waals surface area contributed by atoms with Crippen molar-refractivity contribution < 1.29 is 5.21 Å². The van der Waals surface area contributed by atoms with E-state index in [2.05, 4.69) is 5.16 Å². The van der Waals surface area contributed by atoms with Crippen molar-refractivity contribution in [2.75, 3.05) is 0 Å². The number of oxime groups is 1. The summed E-state index contributed by atoms with van der Waals surface area (Å²) in [6.45, 7) is 0.370. The van der Waals surface area contributed by atoms with Crippen molar-refractivity contribution in [3.63, 3.8) is 0 Å². The van der Waals surface area contributed by atoms with Crippen LogP contribution in [0, 0.1) is 0 Å². The van der Waals surface area contributed by atoms with Crippen LogP contribution in [0.2, 0.25) is 5.02 Å². The highest BCUT2D eigenvalue weighted by molar-refractivity contribution is 6.31. The van der Waals surface area contributed by atoms with Gasteiger partial charge in [0.2, 0.25) is 0 Å². The van der Waals surface area contributed by atoms with E-state index in [1.807, 2.05) is 0 Å². The zero-order chi connectivity index (χ0) is 9.84. The summed E-state index contributed by atoms with van der Waals surface area (Å²) in [7, 11) is 0. The Hall–Kier alpha value is -1.26. The van der Waals surface area contributed by atoms with Gasteiger partial charge in [-0.05, 0) is 11.6 Å². The third-order valence-electron chi connectivity index (χ3n) is 1.68. The summed E-state index contributed by atoms with van der Waals surface area (Å²) in [5.41, 5.74) is 12.2. The molecule has 1 aromatic rings. The van der Waals surface area contributed by atoms with Gasteiger partial charge in [-0.1, -0.05) is 28.9 Å². The summed E-state index contributed by atoms with van der Waals surface area (Å²) in [6, 6.07) is 5.05. The molecule has 0 fully saturated rings. The Morgan fingerprint density at radius 1 is 1.54 bits per heavy atom. The Balaban J connectivity index is 3.10. The second-order valence-electron chi connectivity index (χ2n) is 2.50. The van der Waals surface area contributed by atoms with E-state index in [4.69, 9.17) is 28.3 Å². The number of nitrogens with two attached hydrogens (primary N) is 2. The standard InChI is InChI=1S/C8H10ClN3O/c9-7-3-5(8(11)12-13)1-2-6(7)4-10/h1-3,13H,4,10H2,(H2,11,12). The lowest BCUT2D eigenvalue weighted by Gasteiger charge is -2.03. The van der Waals surface area contributed by atoms with E-state index in [1.165, 1.54) is 0 Å². The van der Waals surface area contributed by atoms with Gasteiger partial charge < -0.3 is 16.7 Å². The number of halogens is 1. The molecule has 1 rings (SSSR count). The second kappa shape index (κ2) is 4.11. The second-order valence-corrected chi connectivity index (χ2v) is 2.90. The molecular weight excluding hydrogens is 190 g/mol. The number of benzene rings is 1. The summed E-state index contributed by atoms with van der Waals surface area (Å²) >= 11 is 5.86. The zero-order valence-electron chi connectivity index (χ0n) is 6.87. The van der Waals surface area contributed by atoms with Crippen molar-refractivity contribution in [1.82, 2.24) is 0 Å². The van der Waals surface area contributed by atoms with E-state index in [9.17, 15) is 0 Å². The van der Waals surface area contributed by atoms with E-state index in [0.29, 0.717) is 17.1 Å². The molecule has 5 N–H and O–H groups in total. The Labute approximate surface area is 80.8 Å². The SMILES string of the molecule is NCc1ccc(/C(N)=N/O)cc1Cl. The maximum atomic E-state index is 8.40. The van der Waals surface area contributed by atoms with Crippen molar-refractivity contribution in [3.8, 4) is 0 Å². The molecule has 0 amide bonds. The molecule has 0 aliphatic carbocycles. The number of rotatable bonds is 2. The zero-order valence-corrected chi connectivity index (χ0v) is 7.62. The van der Waals surface area contributed by atoms with Gasteiger partial charge in [0.15, 0.2) is 5.84 Å². The van der Waals surface area contributed by atoms with Crippen molar-refractivity contribution in [1.29, 1.82) is 0 Å². The normalized spacial score (nSPS) is 11.7. The fraction of sp³-hybridized carbons (Fsp3) is 0.125. The first kappa shape index (κ1) is 9.83. The predicted molar refractivity (Wildman–Crippen MR) is 51.9 cm³/mol. The van der Waals surface area contributed by atoms with Crippen molar-refractivity contribution in [3.05, 3.63) is 34.3 Å². The summed E-state index contributed by atoms with van der Waals surface area (Å²) in [6.07, 6.45) is 0. The molecule has 0 saturated carbocycles. The first-order valence-corrected chi connectivity index (χ1v) is 4.03. The van der Waals surface area contributed by atoms with Crippen LogP contribution in [0.5, 0.6) is 0 Å². The maximum Gasteiger partial charge on any atom is 0.170 e. The van der Waals surface area contributed by atoms with E-state index in [0.717, 1.165) is 5.56 Å². The Kier molecular flexibility index (Phi) is 3.11. The maximum absolute atomic E-state index is 8.40. The largest absolute Gasteiger partial charge is 0.409 e. The third kappa shape index (κ3) is 2.11. The van der Waals surface area contributed by atoms with Gasteiger partial charge in [0.25, 0.3) is 0 Å². The highest BCUT2D eigenvalue weighted by Crippen LogP contribution is 2.17. The minimum Gasteiger partial charge on any atom is -0.409 e. The first-order chi connectivity index (χ1) is 6.19. The highest BCUT2D eigenvalue weighted by Gasteiger charge is 2.03. The lowest BCUT2D eigenvalue weighted by Crippen LogP contribution is -2.13. The molecule has 1 aromatic carbocycles. The van der Waals surface area contributed by atoms with Gasteiger partial charge in [-0.3, -0.25) is 0 Å². The van der Waals surface area contributed by atoms with E-state index in [-0.39, 0.29) is 5.84 Å². The van der Waals surface area contributed by atoms with Crippen LogP contribution in [0.25, 0.3) is 0 Å². The average molecular weight is 200 g/mol. The molecule has 0 atom stereocenters. The summed E-state index contributed by atoms with van der Waals surface area (Å²) < 4.78 is 0. The summed E-state index contributed by atoms with van der Waals surface area (Å²) in [5.74, 6) is 0.0328. The first-order valence-electron chi connectivity index (χ1n) is 3.65. The third-order valence-corrected chi connectivity index (χ3v) is 2.03. The molecule has 0 saturated heterocycles. The van der Waals surface area contributed by atoms with Crippen LogP contribution < -0.4 is 11.5 Å². The average Bonchev–Trinajstić information content (AvgIpc) is 2.16. The van der Waals surface area contributed by atoms with Gasteiger partial charge in [0, 0.05) is 17.1 Å². The topological polar surface area (TPSA) is 84.6 Å². The van der Waals surface area contributed by atoms with Gasteiger partial charge >= 0.3 is 0 Å². The van der Waals surface area contributed by atoms with E-state index in [1.54, 1.807) is 18.2 Å². The minimum absolute atomic E-state index is 0.0328. The monoisotopic (exact) mass is 199 g/mol. The number of hydrogen-bond acceptors (Lipinski definition) is 3. The van der Waals surface area contributed by atoms with Crippen LogP contribution in [0.15, 0.2) is 23.4 Å². The molecule has 0 aliphatic heterocycles. The van der Waals surface area contributed by atoms with E-state index >= 15 is 0 Å². The van der Waals surface area contributed by atoms with Crippen LogP contribution in [-0.2, 0) is 6.54 Å². The van der Waals surface area contributed by atoms with Crippen LogP contribution in [-0.4, -0.2) is 11.0 Å². The molecular formula is C8H10ClN3O. The van der Waals surface area contributed by atoms with Gasteiger partial charge in [-0.25, -0.2) is 0 Å². The van der Waals surface area contributed by atoms with Crippen molar-refractivity contribution >= 4 is 17.4 Å². The molecule has 0 spiro atoms. The molecule has 0 radical (unpaired) electrons. The molecule has 0 aliphatic rings. The van der Waals surface area contributed by atoms with Crippen LogP contribution in [0.3, 0.4) is 0 Å². The van der Waals surface area contributed by atoms with E-state index < -0.39 is 0 Å². The summed E-state index contributed by atoms with van der Waals surface area (Å²) in [4.78, 5) is 0. The lowest BCUT2D eigenvalue weighted by molar-refractivity contribution is 0.318. The minimum atomic E-state index is 0.0328. The smallest absolute Gasteiger partial charge is 0.170 e. The molecule has 0 heterocycles. The summed E-state index contributed by atoms with van der Waals surface area (Å²) in [5, 5.41) is 11.8. The fourth-order valence-corrected chi connectivity index (χ4v) is 1.19. The van der Waals surface area contributed by atoms with Gasteiger partial charge in [0.1, 0.15) is 0 Å².